The van der Waals surface area contributed by atoms with Crippen molar-refractivity contribution in [2.75, 3.05) is 11.9 Å². The first kappa shape index (κ1) is 12.5. The van der Waals surface area contributed by atoms with E-state index < -0.39 is 11.6 Å². The molecule has 18 heavy (non-hydrogen) atoms. The molecule has 6 heteroatoms. The largest absolute Gasteiger partial charge is 0.364 e. The summed E-state index contributed by atoms with van der Waals surface area (Å²) in [5, 5.41) is 10.4. The fourth-order valence-corrected chi connectivity index (χ4v) is 2.18. The summed E-state index contributed by atoms with van der Waals surface area (Å²) in [5.74, 6) is -1.49. The maximum Gasteiger partial charge on any atom is 0.150 e. The van der Waals surface area contributed by atoms with Gasteiger partial charge in [0.1, 0.15) is 5.69 Å². The maximum atomic E-state index is 13.7. The summed E-state index contributed by atoms with van der Waals surface area (Å²) in [7, 11) is 1.58. The summed E-state index contributed by atoms with van der Waals surface area (Å²) >= 11 is 1.42. The zero-order valence-electron chi connectivity index (χ0n) is 9.52. The van der Waals surface area contributed by atoms with Crippen molar-refractivity contribution in [3.05, 3.63) is 45.9 Å². The van der Waals surface area contributed by atoms with Crippen LogP contribution in [-0.4, -0.2) is 12.0 Å². The van der Waals surface area contributed by atoms with E-state index in [2.05, 4.69) is 4.98 Å². The number of hydrogen-bond acceptors (Lipinski definition) is 4. The average molecular weight is 265 g/mol. The molecule has 0 unspecified atom stereocenters. The van der Waals surface area contributed by atoms with Crippen LogP contribution in [0.4, 0.5) is 14.5 Å². The van der Waals surface area contributed by atoms with Crippen molar-refractivity contribution in [1.82, 2.24) is 4.98 Å². The quantitative estimate of drug-likeness (QED) is 0.856. The van der Waals surface area contributed by atoms with Crippen molar-refractivity contribution in [3.63, 3.8) is 0 Å². The van der Waals surface area contributed by atoms with E-state index in [1.165, 1.54) is 16.2 Å². The van der Waals surface area contributed by atoms with Crippen molar-refractivity contribution in [3.8, 4) is 6.07 Å². The number of hydrogen-bond donors (Lipinski definition) is 0. The van der Waals surface area contributed by atoms with Crippen molar-refractivity contribution in [2.24, 2.45) is 0 Å². The van der Waals surface area contributed by atoms with Crippen LogP contribution in [-0.2, 0) is 6.54 Å². The van der Waals surface area contributed by atoms with Gasteiger partial charge in [0, 0.05) is 12.4 Å². The summed E-state index contributed by atoms with van der Waals surface area (Å²) in [4.78, 5) is 5.49. The predicted octanol–water partition coefficient (Wildman–Crippen LogP) is 2.93. The molecule has 2 rings (SSSR count). The van der Waals surface area contributed by atoms with Crippen LogP contribution in [0.3, 0.4) is 0 Å². The minimum absolute atomic E-state index is 0.0317. The van der Waals surface area contributed by atoms with Gasteiger partial charge in [-0.2, -0.15) is 5.26 Å². The van der Waals surface area contributed by atoms with Gasteiger partial charge in [-0.1, -0.05) is 0 Å². The number of nitriles is 1. The summed E-state index contributed by atoms with van der Waals surface area (Å²) in [6.07, 6.45) is 0. The highest BCUT2D eigenvalue weighted by molar-refractivity contribution is 7.07. The molecule has 0 aliphatic heterocycles. The van der Waals surface area contributed by atoms with Crippen LogP contribution in [0.5, 0.6) is 0 Å². The Balaban J connectivity index is 2.31. The van der Waals surface area contributed by atoms with Gasteiger partial charge in [-0.15, -0.1) is 11.3 Å². The van der Waals surface area contributed by atoms with E-state index in [4.69, 9.17) is 5.26 Å². The molecule has 3 nitrogen and oxygen atoms in total. The number of aromatic nitrogens is 1. The molecule has 1 aromatic heterocycles. The third kappa shape index (κ3) is 2.46. The zero-order valence-corrected chi connectivity index (χ0v) is 10.3. The maximum absolute atomic E-state index is 13.7. The number of halogens is 2. The topological polar surface area (TPSA) is 39.9 Å². The minimum Gasteiger partial charge on any atom is -0.364 e. The molecule has 0 aliphatic rings. The number of rotatable bonds is 3. The Bertz CT molecular complexity index is 567. The molecule has 0 N–H and O–H groups in total. The van der Waals surface area contributed by atoms with Crippen LogP contribution in [0.1, 0.15) is 11.3 Å². The SMILES string of the molecule is CN(Cc1cscn1)c1c(F)cc(C#N)cc1F. The third-order valence-electron chi connectivity index (χ3n) is 2.41. The lowest BCUT2D eigenvalue weighted by Gasteiger charge is -2.19. The Labute approximate surface area is 107 Å². The molecule has 0 saturated carbocycles. The molecule has 1 heterocycles. The normalized spacial score (nSPS) is 10.1. The van der Waals surface area contributed by atoms with Crippen molar-refractivity contribution < 1.29 is 8.78 Å². The van der Waals surface area contributed by atoms with E-state index in [9.17, 15) is 8.78 Å². The second-order valence-corrected chi connectivity index (χ2v) is 4.45. The van der Waals surface area contributed by atoms with Crippen LogP contribution >= 0.6 is 11.3 Å². The second-order valence-electron chi connectivity index (χ2n) is 3.74. The highest BCUT2D eigenvalue weighted by atomic mass is 32.1. The van der Waals surface area contributed by atoms with Crippen molar-refractivity contribution in [2.45, 2.75) is 6.54 Å². The van der Waals surface area contributed by atoms with Gasteiger partial charge >= 0.3 is 0 Å². The number of anilines is 1. The molecular weight excluding hydrogens is 256 g/mol. The van der Waals surface area contributed by atoms with Gasteiger partial charge in [0.05, 0.1) is 29.4 Å². The molecule has 2 aromatic rings. The van der Waals surface area contributed by atoms with Crippen LogP contribution in [0.2, 0.25) is 0 Å². The fraction of sp³-hybridized carbons (Fsp3) is 0.167. The Morgan fingerprint density at radius 3 is 2.56 bits per heavy atom. The smallest absolute Gasteiger partial charge is 0.150 e. The lowest BCUT2D eigenvalue weighted by molar-refractivity contribution is 0.575. The van der Waals surface area contributed by atoms with Gasteiger partial charge in [0.2, 0.25) is 0 Å². The summed E-state index contributed by atoms with van der Waals surface area (Å²) < 4.78 is 27.5. The Kier molecular flexibility index (Phi) is 3.53. The zero-order chi connectivity index (χ0) is 13.1. The molecule has 0 aliphatic carbocycles. The summed E-state index contributed by atoms with van der Waals surface area (Å²) in [6.45, 7) is 0.309. The number of benzene rings is 1. The number of nitrogens with zero attached hydrogens (tertiary/aromatic N) is 3. The predicted molar refractivity (Wildman–Crippen MR) is 65.3 cm³/mol. The standard InChI is InChI=1S/C12H9F2N3S/c1-17(5-9-6-18-7-16-9)12-10(13)2-8(4-15)3-11(12)14/h2-3,6-7H,5H2,1H3. The highest BCUT2D eigenvalue weighted by Crippen LogP contribution is 2.25. The molecule has 0 radical (unpaired) electrons. The summed E-state index contributed by atoms with van der Waals surface area (Å²) in [6, 6.07) is 3.76. The van der Waals surface area contributed by atoms with E-state index in [0.29, 0.717) is 6.54 Å². The van der Waals surface area contributed by atoms with E-state index in [-0.39, 0.29) is 11.3 Å². The van der Waals surface area contributed by atoms with Gasteiger partial charge in [-0.25, -0.2) is 13.8 Å². The monoisotopic (exact) mass is 265 g/mol. The molecule has 0 atom stereocenters. The van der Waals surface area contributed by atoms with Crippen molar-refractivity contribution >= 4 is 17.0 Å². The Hall–Kier alpha value is -2.00. The molecular formula is C12H9F2N3S. The Morgan fingerprint density at radius 1 is 1.39 bits per heavy atom. The number of thiazole rings is 1. The van der Waals surface area contributed by atoms with Gasteiger partial charge < -0.3 is 4.90 Å². The summed E-state index contributed by atoms with van der Waals surface area (Å²) in [5.41, 5.74) is 2.22. The van der Waals surface area contributed by atoms with Crippen LogP contribution < -0.4 is 4.90 Å². The van der Waals surface area contributed by atoms with Gasteiger partial charge in [0.25, 0.3) is 0 Å². The van der Waals surface area contributed by atoms with E-state index in [1.54, 1.807) is 18.6 Å². The van der Waals surface area contributed by atoms with Crippen LogP contribution in [0.25, 0.3) is 0 Å². The van der Waals surface area contributed by atoms with Crippen LogP contribution in [0.15, 0.2) is 23.0 Å². The molecule has 1 aromatic carbocycles. The lowest BCUT2D eigenvalue weighted by atomic mass is 10.2. The van der Waals surface area contributed by atoms with Gasteiger partial charge in [0.15, 0.2) is 11.6 Å². The molecule has 0 fully saturated rings. The second kappa shape index (κ2) is 5.10. The minimum atomic E-state index is -0.746. The van der Waals surface area contributed by atoms with Crippen LogP contribution in [0, 0.1) is 23.0 Å². The van der Waals surface area contributed by atoms with Gasteiger partial charge in [-0.05, 0) is 12.1 Å². The van der Waals surface area contributed by atoms with Crippen molar-refractivity contribution in [1.29, 1.82) is 5.26 Å². The highest BCUT2D eigenvalue weighted by Gasteiger charge is 2.16. The fourth-order valence-electron chi connectivity index (χ4n) is 1.63. The first-order chi connectivity index (χ1) is 8.61. The van der Waals surface area contributed by atoms with E-state index in [0.717, 1.165) is 17.8 Å². The van der Waals surface area contributed by atoms with E-state index in [1.807, 2.05) is 5.38 Å². The molecule has 0 spiro atoms. The molecule has 0 amide bonds. The Morgan fingerprint density at radius 2 is 2.06 bits per heavy atom. The lowest BCUT2D eigenvalue weighted by Crippen LogP contribution is -2.19. The molecule has 92 valence electrons. The third-order valence-corrected chi connectivity index (χ3v) is 3.05. The first-order valence-corrected chi connectivity index (χ1v) is 6.03. The molecule has 0 bridgehead atoms. The van der Waals surface area contributed by atoms with Gasteiger partial charge in [-0.3, -0.25) is 0 Å². The molecule has 0 saturated heterocycles. The first-order valence-electron chi connectivity index (χ1n) is 5.09. The average Bonchev–Trinajstić information content (AvgIpc) is 2.80. The van der Waals surface area contributed by atoms with E-state index >= 15 is 0 Å².